The highest BCUT2D eigenvalue weighted by Crippen LogP contribution is 2.38. The normalized spacial score (nSPS) is 29.5. The van der Waals surface area contributed by atoms with Gasteiger partial charge in [-0.25, -0.2) is 0 Å². The fraction of sp³-hybridized carbons (Fsp3) is 0.526. The number of rotatable bonds is 6. The third kappa shape index (κ3) is 6.76. The minimum Gasteiger partial charge on any atom is -0.454 e. The molecule has 1 aromatic carbocycles. The maximum Gasteiger partial charge on any atom is 0.321 e. The molecule has 1 N–H and O–H groups in total. The summed E-state index contributed by atoms with van der Waals surface area (Å²) in [6.45, 7) is -0.0176. The van der Waals surface area contributed by atoms with E-state index in [2.05, 4.69) is 0 Å². The molecule has 33 heavy (non-hydrogen) atoms. The van der Waals surface area contributed by atoms with Gasteiger partial charge in [0, 0.05) is 5.56 Å². The van der Waals surface area contributed by atoms with Crippen LogP contribution in [0, 0.1) is 5.41 Å². The van der Waals surface area contributed by atoms with Gasteiger partial charge in [0.1, 0.15) is 24.0 Å². The van der Waals surface area contributed by atoms with Crippen LogP contribution >= 0.6 is 58.0 Å². The summed E-state index contributed by atoms with van der Waals surface area (Å²) in [4.78, 5) is 24.1. The minimum absolute atomic E-state index is 0.0176. The molecule has 14 heteroatoms. The van der Waals surface area contributed by atoms with Gasteiger partial charge in [-0.3, -0.25) is 15.0 Å². The Bertz CT molecular complexity index is 854. The zero-order valence-corrected chi connectivity index (χ0v) is 20.4. The van der Waals surface area contributed by atoms with Gasteiger partial charge >= 0.3 is 11.9 Å². The van der Waals surface area contributed by atoms with Gasteiger partial charge < -0.3 is 28.4 Å². The summed E-state index contributed by atoms with van der Waals surface area (Å²) < 4.78 is 31.4. The summed E-state index contributed by atoms with van der Waals surface area (Å²) in [5.41, 5.74) is 0.698. The standard InChI is InChI=1S/C19H18Cl5NO8/c20-6-11(26)30-14-13-10(8-28-16(32-13)9-4-2-1-3-5-9)29-17(15(14)31-12(27)7-21)33-18(25)19(22,23)24/h1-5,10,13-17,25H,6-8H2/t10-,13-,14+,15-,16?,17?/m1/s1. The predicted octanol–water partition coefficient (Wildman–Crippen LogP) is 3.49. The van der Waals surface area contributed by atoms with Crippen molar-refractivity contribution in [3.05, 3.63) is 35.9 Å². The molecule has 3 rings (SSSR count). The van der Waals surface area contributed by atoms with Crippen LogP contribution in [0.5, 0.6) is 0 Å². The van der Waals surface area contributed by atoms with E-state index in [9.17, 15) is 9.59 Å². The smallest absolute Gasteiger partial charge is 0.321 e. The zero-order chi connectivity index (χ0) is 24.2. The van der Waals surface area contributed by atoms with Crippen LogP contribution in [0.15, 0.2) is 30.3 Å². The Morgan fingerprint density at radius 1 is 0.970 bits per heavy atom. The second-order valence-corrected chi connectivity index (χ2v) is 9.66. The first-order chi connectivity index (χ1) is 15.6. The maximum absolute atomic E-state index is 12.1. The third-order valence-corrected chi connectivity index (χ3v) is 5.55. The van der Waals surface area contributed by atoms with E-state index in [0.29, 0.717) is 5.56 Å². The van der Waals surface area contributed by atoms with Crippen LogP contribution in [-0.4, -0.2) is 70.7 Å². The number of alkyl halides is 5. The summed E-state index contributed by atoms with van der Waals surface area (Å²) in [5.74, 6) is -3.53. The largest absolute Gasteiger partial charge is 0.454 e. The Balaban J connectivity index is 1.92. The highest BCUT2D eigenvalue weighted by Gasteiger charge is 2.55. The SMILES string of the molecule is N=C(OC1O[C@@H]2COC(c3ccccc3)O[C@H]2[C@H](OC(=O)CCl)[C@H]1OC(=O)CCl)C(Cl)(Cl)Cl. The highest BCUT2D eigenvalue weighted by molar-refractivity contribution is 6.76. The average Bonchev–Trinajstić information content (AvgIpc) is 2.80. The van der Waals surface area contributed by atoms with Gasteiger partial charge in [-0.05, 0) is 0 Å². The zero-order valence-electron chi connectivity index (χ0n) is 16.6. The molecule has 2 aliphatic heterocycles. The topological polar surface area (TPSA) is 113 Å². The summed E-state index contributed by atoms with van der Waals surface area (Å²) in [7, 11) is 0. The molecule has 0 aliphatic carbocycles. The molecule has 0 bridgehead atoms. The van der Waals surface area contributed by atoms with E-state index in [-0.39, 0.29) is 6.61 Å². The van der Waals surface area contributed by atoms with Crippen molar-refractivity contribution in [2.75, 3.05) is 18.4 Å². The summed E-state index contributed by atoms with van der Waals surface area (Å²) in [6, 6.07) is 9.00. The number of nitrogens with one attached hydrogen (secondary N) is 1. The monoisotopic (exact) mass is 563 g/mol. The van der Waals surface area contributed by atoms with E-state index in [1.807, 2.05) is 6.07 Å². The third-order valence-electron chi connectivity index (χ3n) is 4.60. The minimum atomic E-state index is -2.23. The van der Waals surface area contributed by atoms with Crippen LogP contribution in [0.1, 0.15) is 11.9 Å². The highest BCUT2D eigenvalue weighted by atomic mass is 35.6. The van der Waals surface area contributed by atoms with Crippen LogP contribution in [0.4, 0.5) is 0 Å². The Hall–Kier alpha value is -1.04. The number of esters is 2. The molecule has 2 aliphatic rings. The number of hydrogen-bond acceptors (Lipinski definition) is 9. The fourth-order valence-corrected chi connectivity index (χ4v) is 3.49. The van der Waals surface area contributed by atoms with Crippen LogP contribution in [0.3, 0.4) is 0 Å². The molecule has 1 aromatic rings. The van der Waals surface area contributed by atoms with Crippen LogP contribution in [0.2, 0.25) is 0 Å². The van der Waals surface area contributed by atoms with E-state index in [1.54, 1.807) is 24.3 Å². The summed E-state index contributed by atoms with van der Waals surface area (Å²) in [6.07, 6.45) is -6.88. The van der Waals surface area contributed by atoms with E-state index in [4.69, 9.17) is 91.8 Å². The van der Waals surface area contributed by atoms with Crippen molar-refractivity contribution < 1.29 is 38.0 Å². The first-order valence-electron chi connectivity index (χ1n) is 9.44. The fourth-order valence-electron chi connectivity index (χ4n) is 3.23. The van der Waals surface area contributed by atoms with Crippen molar-refractivity contribution in [2.24, 2.45) is 0 Å². The van der Waals surface area contributed by atoms with Crippen molar-refractivity contribution in [1.82, 2.24) is 0 Å². The molecule has 0 radical (unpaired) electrons. The van der Waals surface area contributed by atoms with Gasteiger partial charge in [-0.1, -0.05) is 65.1 Å². The Morgan fingerprint density at radius 3 is 2.15 bits per heavy atom. The molecular weight excluding hydrogens is 547 g/mol. The molecule has 0 spiro atoms. The first-order valence-corrected chi connectivity index (χ1v) is 11.6. The van der Waals surface area contributed by atoms with Crippen molar-refractivity contribution in [1.29, 1.82) is 5.41 Å². The number of carbonyl (C=O) groups excluding carboxylic acids is 2. The van der Waals surface area contributed by atoms with E-state index < -0.39 is 70.4 Å². The van der Waals surface area contributed by atoms with Crippen LogP contribution < -0.4 is 0 Å². The second-order valence-electron chi connectivity index (χ2n) is 6.84. The Morgan fingerprint density at radius 2 is 1.58 bits per heavy atom. The number of hydrogen-bond donors (Lipinski definition) is 1. The summed E-state index contributed by atoms with van der Waals surface area (Å²) >= 11 is 28.3. The lowest BCUT2D eigenvalue weighted by Crippen LogP contribution is -2.64. The van der Waals surface area contributed by atoms with Gasteiger partial charge in [0.05, 0.1) is 6.61 Å². The van der Waals surface area contributed by atoms with Gasteiger partial charge in [0.15, 0.2) is 12.4 Å². The molecule has 9 nitrogen and oxygen atoms in total. The number of carbonyl (C=O) groups is 2. The lowest BCUT2D eigenvalue weighted by molar-refractivity contribution is -0.353. The molecule has 0 aromatic heterocycles. The van der Waals surface area contributed by atoms with Crippen LogP contribution in [-0.2, 0) is 38.0 Å². The predicted molar refractivity (Wildman–Crippen MR) is 119 cm³/mol. The number of fused-ring (bicyclic) bond motifs is 1. The Labute approximate surface area is 213 Å². The second kappa shape index (κ2) is 11.6. The Kier molecular flexibility index (Phi) is 9.33. The average molecular weight is 566 g/mol. The van der Waals surface area contributed by atoms with E-state index in [0.717, 1.165) is 0 Å². The van der Waals surface area contributed by atoms with Gasteiger partial charge in [0.2, 0.25) is 18.3 Å². The van der Waals surface area contributed by atoms with Crippen molar-refractivity contribution in [3.8, 4) is 0 Å². The molecule has 2 fully saturated rings. The quantitative estimate of drug-likeness (QED) is 0.241. The van der Waals surface area contributed by atoms with Crippen LogP contribution in [0.25, 0.3) is 0 Å². The lowest BCUT2D eigenvalue weighted by atomic mass is 9.97. The molecule has 2 unspecified atom stereocenters. The molecular formula is C19H18Cl5NO8. The molecule has 0 amide bonds. The van der Waals surface area contributed by atoms with Gasteiger partial charge in [-0.15, -0.1) is 23.2 Å². The lowest BCUT2D eigenvalue weighted by Gasteiger charge is -2.48. The van der Waals surface area contributed by atoms with Gasteiger partial charge in [0.25, 0.3) is 3.79 Å². The molecule has 6 atom stereocenters. The first kappa shape index (κ1) is 26.6. The molecule has 182 valence electrons. The summed E-state index contributed by atoms with van der Waals surface area (Å²) in [5, 5.41) is 7.86. The number of ether oxygens (including phenoxy) is 6. The van der Waals surface area contributed by atoms with E-state index >= 15 is 0 Å². The number of benzene rings is 1. The molecule has 2 heterocycles. The number of halogens is 5. The molecule has 2 saturated heterocycles. The van der Waals surface area contributed by atoms with E-state index in [1.165, 1.54) is 0 Å². The van der Waals surface area contributed by atoms with Crippen molar-refractivity contribution in [3.63, 3.8) is 0 Å². The maximum atomic E-state index is 12.1. The van der Waals surface area contributed by atoms with Crippen molar-refractivity contribution in [2.45, 2.75) is 40.8 Å². The van der Waals surface area contributed by atoms with Gasteiger partial charge in [-0.2, -0.15) is 0 Å². The van der Waals surface area contributed by atoms with Crippen molar-refractivity contribution >= 4 is 75.8 Å². The molecule has 0 saturated carbocycles.